The normalized spacial score (nSPS) is 10.6. The number of aromatic hydroxyl groups is 1. The molecule has 1 nitrogen and oxygen atoms in total. The SMILES string of the molecule is Cc1ccccc1-c1ccc(O)c(-c2ccccc2C)c1. The van der Waals surface area contributed by atoms with Crippen LogP contribution in [0.5, 0.6) is 5.75 Å². The molecule has 1 heteroatoms. The lowest BCUT2D eigenvalue weighted by Crippen LogP contribution is -1.87. The van der Waals surface area contributed by atoms with E-state index in [1.54, 1.807) is 6.07 Å². The van der Waals surface area contributed by atoms with Gasteiger partial charge in [0.1, 0.15) is 5.75 Å². The van der Waals surface area contributed by atoms with Gasteiger partial charge in [-0.3, -0.25) is 0 Å². The van der Waals surface area contributed by atoms with Crippen LogP contribution in [0.3, 0.4) is 0 Å². The second-order valence-corrected chi connectivity index (χ2v) is 5.36. The Hall–Kier alpha value is -2.54. The molecule has 0 saturated carbocycles. The zero-order valence-electron chi connectivity index (χ0n) is 12.3. The zero-order chi connectivity index (χ0) is 14.8. The lowest BCUT2D eigenvalue weighted by molar-refractivity contribution is 0.477. The lowest BCUT2D eigenvalue weighted by Gasteiger charge is -2.12. The molecule has 0 unspecified atom stereocenters. The third-order valence-electron chi connectivity index (χ3n) is 3.89. The van der Waals surface area contributed by atoms with Gasteiger partial charge in [-0.2, -0.15) is 0 Å². The Labute approximate surface area is 125 Å². The molecule has 0 spiro atoms. The van der Waals surface area contributed by atoms with E-state index in [1.807, 2.05) is 36.4 Å². The first-order valence-corrected chi connectivity index (χ1v) is 7.12. The molecule has 0 radical (unpaired) electrons. The third-order valence-corrected chi connectivity index (χ3v) is 3.89. The molecule has 0 aliphatic rings. The maximum absolute atomic E-state index is 10.2. The van der Waals surface area contributed by atoms with E-state index >= 15 is 0 Å². The standard InChI is InChI=1S/C20H18O/c1-14-7-3-5-9-17(14)16-11-12-20(21)19(13-16)18-10-6-4-8-15(18)2/h3-13,21H,1-2H3. The Morgan fingerprint density at radius 1 is 0.619 bits per heavy atom. The van der Waals surface area contributed by atoms with Crippen LogP contribution in [-0.4, -0.2) is 5.11 Å². The summed E-state index contributed by atoms with van der Waals surface area (Å²) < 4.78 is 0. The van der Waals surface area contributed by atoms with Gasteiger partial charge >= 0.3 is 0 Å². The van der Waals surface area contributed by atoms with Crippen molar-refractivity contribution in [1.29, 1.82) is 0 Å². The summed E-state index contributed by atoms with van der Waals surface area (Å²) in [7, 11) is 0. The van der Waals surface area contributed by atoms with Crippen LogP contribution in [-0.2, 0) is 0 Å². The number of rotatable bonds is 2. The van der Waals surface area contributed by atoms with Crippen LogP contribution in [0.4, 0.5) is 0 Å². The van der Waals surface area contributed by atoms with Gasteiger partial charge in [0.25, 0.3) is 0 Å². The summed E-state index contributed by atoms with van der Waals surface area (Å²) in [6.07, 6.45) is 0. The van der Waals surface area contributed by atoms with Crippen molar-refractivity contribution in [1.82, 2.24) is 0 Å². The Bertz CT molecular complexity index is 787. The molecule has 3 aromatic rings. The van der Waals surface area contributed by atoms with Crippen molar-refractivity contribution in [2.24, 2.45) is 0 Å². The third kappa shape index (κ3) is 2.55. The van der Waals surface area contributed by atoms with E-state index < -0.39 is 0 Å². The average Bonchev–Trinajstić information content (AvgIpc) is 2.49. The zero-order valence-corrected chi connectivity index (χ0v) is 12.3. The highest BCUT2D eigenvalue weighted by Gasteiger charge is 2.09. The molecular weight excluding hydrogens is 256 g/mol. The molecule has 3 aromatic carbocycles. The van der Waals surface area contributed by atoms with Gasteiger partial charge in [0.15, 0.2) is 0 Å². The van der Waals surface area contributed by atoms with Crippen LogP contribution in [0.15, 0.2) is 66.7 Å². The second-order valence-electron chi connectivity index (χ2n) is 5.36. The predicted molar refractivity (Wildman–Crippen MR) is 88.5 cm³/mol. The average molecular weight is 274 g/mol. The fraction of sp³-hybridized carbons (Fsp3) is 0.100. The smallest absolute Gasteiger partial charge is 0.123 e. The van der Waals surface area contributed by atoms with Crippen molar-refractivity contribution in [2.45, 2.75) is 13.8 Å². The van der Waals surface area contributed by atoms with Crippen molar-refractivity contribution >= 4 is 0 Å². The van der Waals surface area contributed by atoms with E-state index in [2.05, 4.69) is 38.1 Å². The van der Waals surface area contributed by atoms with Gasteiger partial charge in [-0.1, -0.05) is 54.6 Å². The van der Waals surface area contributed by atoms with Gasteiger partial charge in [0.2, 0.25) is 0 Å². The fourth-order valence-electron chi connectivity index (χ4n) is 2.69. The number of aryl methyl sites for hydroxylation is 2. The molecule has 104 valence electrons. The van der Waals surface area contributed by atoms with Crippen LogP contribution in [0.25, 0.3) is 22.3 Å². The monoisotopic (exact) mass is 274 g/mol. The Morgan fingerprint density at radius 3 is 1.81 bits per heavy atom. The van der Waals surface area contributed by atoms with E-state index in [0.717, 1.165) is 22.3 Å². The molecule has 0 saturated heterocycles. The highest BCUT2D eigenvalue weighted by atomic mass is 16.3. The highest BCUT2D eigenvalue weighted by Crippen LogP contribution is 2.35. The molecule has 1 N–H and O–H groups in total. The summed E-state index contributed by atoms with van der Waals surface area (Å²) >= 11 is 0. The Kier molecular flexibility index (Phi) is 3.49. The number of phenols is 1. The topological polar surface area (TPSA) is 20.2 Å². The van der Waals surface area contributed by atoms with Gasteiger partial charge < -0.3 is 5.11 Å². The molecule has 0 atom stereocenters. The largest absolute Gasteiger partial charge is 0.507 e. The van der Waals surface area contributed by atoms with E-state index in [4.69, 9.17) is 0 Å². The first kappa shape index (κ1) is 13.4. The first-order chi connectivity index (χ1) is 10.2. The van der Waals surface area contributed by atoms with Crippen molar-refractivity contribution in [3.63, 3.8) is 0 Å². The van der Waals surface area contributed by atoms with Gasteiger partial charge in [0.05, 0.1) is 0 Å². The van der Waals surface area contributed by atoms with Gasteiger partial charge in [-0.25, -0.2) is 0 Å². The lowest BCUT2D eigenvalue weighted by atomic mass is 9.94. The van der Waals surface area contributed by atoms with Crippen LogP contribution in [0.2, 0.25) is 0 Å². The molecule has 21 heavy (non-hydrogen) atoms. The minimum atomic E-state index is 0.321. The summed E-state index contributed by atoms with van der Waals surface area (Å²) in [6.45, 7) is 4.17. The van der Waals surface area contributed by atoms with Gasteiger partial charge in [-0.15, -0.1) is 0 Å². The molecule has 0 aliphatic heterocycles. The quantitative estimate of drug-likeness (QED) is 0.668. The maximum atomic E-state index is 10.2. The highest BCUT2D eigenvalue weighted by molar-refractivity contribution is 5.79. The van der Waals surface area contributed by atoms with Crippen LogP contribution < -0.4 is 0 Å². The van der Waals surface area contributed by atoms with Gasteiger partial charge in [-0.05, 0) is 53.8 Å². The maximum Gasteiger partial charge on any atom is 0.123 e. The molecule has 0 amide bonds. The molecule has 0 heterocycles. The van der Waals surface area contributed by atoms with E-state index in [-0.39, 0.29) is 0 Å². The first-order valence-electron chi connectivity index (χ1n) is 7.12. The minimum absolute atomic E-state index is 0.321. The molecule has 0 fully saturated rings. The molecule has 0 bridgehead atoms. The van der Waals surface area contributed by atoms with Crippen LogP contribution >= 0.6 is 0 Å². The van der Waals surface area contributed by atoms with Crippen LogP contribution in [0, 0.1) is 13.8 Å². The van der Waals surface area contributed by atoms with Crippen molar-refractivity contribution in [3.05, 3.63) is 77.9 Å². The number of benzene rings is 3. The van der Waals surface area contributed by atoms with E-state index in [9.17, 15) is 5.11 Å². The summed E-state index contributed by atoms with van der Waals surface area (Å²) in [5.74, 6) is 0.321. The summed E-state index contributed by atoms with van der Waals surface area (Å²) in [5, 5.41) is 10.2. The van der Waals surface area contributed by atoms with E-state index in [1.165, 1.54) is 11.1 Å². The molecule has 3 rings (SSSR count). The molecule has 0 aromatic heterocycles. The number of phenolic OH excluding ortho intramolecular Hbond substituents is 1. The predicted octanol–water partition coefficient (Wildman–Crippen LogP) is 5.34. The fourth-order valence-corrected chi connectivity index (χ4v) is 2.69. The van der Waals surface area contributed by atoms with Crippen molar-refractivity contribution in [2.75, 3.05) is 0 Å². The summed E-state index contributed by atoms with van der Waals surface area (Å²) in [6, 6.07) is 22.3. The Balaban J connectivity index is 2.18. The summed E-state index contributed by atoms with van der Waals surface area (Å²) in [4.78, 5) is 0. The number of hydrogen-bond acceptors (Lipinski definition) is 1. The number of hydrogen-bond donors (Lipinski definition) is 1. The minimum Gasteiger partial charge on any atom is -0.507 e. The van der Waals surface area contributed by atoms with Gasteiger partial charge in [0, 0.05) is 5.56 Å². The van der Waals surface area contributed by atoms with E-state index in [0.29, 0.717) is 5.75 Å². The van der Waals surface area contributed by atoms with Crippen LogP contribution in [0.1, 0.15) is 11.1 Å². The second kappa shape index (κ2) is 5.45. The molecular formula is C20H18O. The van der Waals surface area contributed by atoms with Crippen molar-refractivity contribution < 1.29 is 5.11 Å². The summed E-state index contributed by atoms with van der Waals surface area (Å²) in [5.41, 5.74) is 6.68. The van der Waals surface area contributed by atoms with Crippen molar-refractivity contribution in [3.8, 4) is 28.0 Å². The molecule has 0 aliphatic carbocycles. The Morgan fingerprint density at radius 2 is 1.19 bits per heavy atom.